The molecule has 0 heterocycles. The van der Waals surface area contributed by atoms with Crippen LogP contribution in [0.4, 0.5) is 5.69 Å². The first-order valence-corrected chi connectivity index (χ1v) is 5.28. The summed E-state index contributed by atoms with van der Waals surface area (Å²) in [5.41, 5.74) is 0.971. The first-order chi connectivity index (χ1) is 6.22. The van der Waals surface area contributed by atoms with Crippen LogP contribution in [0, 0.1) is 0 Å². The second-order valence-corrected chi connectivity index (χ2v) is 3.92. The third-order valence-corrected chi connectivity index (χ3v) is 2.39. The van der Waals surface area contributed by atoms with Gasteiger partial charge in [-0.25, -0.2) is 0 Å². The minimum absolute atomic E-state index is 0.251. The van der Waals surface area contributed by atoms with E-state index in [-0.39, 0.29) is 5.88 Å². The third kappa shape index (κ3) is 3.98. The average Bonchev–Trinajstić information content (AvgIpc) is 2.14. The van der Waals surface area contributed by atoms with E-state index in [1.54, 1.807) is 0 Å². The minimum atomic E-state index is -0.499. The summed E-state index contributed by atoms with van der Waals surface area (Å²) in [6.45, 7) is 0.472. The van der Waals surface area contributed by atoms with Crippen molar-refractivity contribution >= 4 is 33.2 Å². The molecule has 2 nitrogen and oxygen atoms in total. The van der Waals surface area contributed by atoms with Crippen molar-refractivity contribution in [1.82, 2.24) is 0 Å². The molecule has 1 atom stereocenters. The summed E-state index contributed by atoms with van der Waals surface area (Å²) in [6, 6.07) is 7.76. The van der Waals surface area contributed by atoms with Crippen LogP contribution in [0.15, 0.2) is 28.7 Å². The second-order valence-electron chi connectivity index (χ2n) is 2.70. The Labute approximate surface area is 91.0 Å². The summed E-state index contributed by atoms with van der Waals surface area (Å²) in [5.74, 6) is 0.251. The van der Waals surface area contributed by atoms with Crippen LogP contribution in [0.3, 0.4) is 0 Å². The smallest absolute Gasteiger partial charge is 0.0847 e. The van der Waals surface area contributed by atoms with Crippen molar-refractivity contribution in [2.45, 2.75) is 6.10 Å². The van der Waals surface area contributed by atoms with Crippen LogP contribution in [0.5, 0.6) is 0 Å². The summed E-state index contributed by atoms with van der Waals surface area (Å²) in [7, 11) is 0. The number of nitrogens with one attached hydrogen (secondary N) is 1. The maximum absolute atomic E-state index is 9.18. The molecule has 0 fully saturated rings. The fourth-order valence-electron chi connectivity index (χ4n) is 0.889. The first-order valence-electron chi connectivity index (χ1n) is 3.96. The highest BCUT2D eigenvalue weighted by Crippen LogP contribution is 2.15. The van der Waals surface area contributed by atoms with Crippen molar-refractivity contribution < 1.29 is 5.11 Å². The van der Waals surface area contributed by atoms with E-state index in [2.05, 4.69) is 21.2 Å². The van der Waals surface area contributed by atoms with E-state index in [0.717, 1.165) is 10.2 Å². The molecule has 1 unspecified atom stereocenters. The molecule has 0 bridgehead atoms. The van der Waals surface area contributed by atoms with E-state index in [4.69, 9.17) is 11.6 Å². The van der Waals surface area contributed by atoms with Crippen LogP contribution in [0.1, 0.15) is 0 Å². The van der Waals surface area contributed by atoms with Gasteiger partial charge in [0.05, 0.1) is 12.0 Å². The first kappa shape index (κ1) is 10.8. The van der Waals surface area contributed by atoms with E-state index in [1.807, 2.05) is 24.3 Å². The van der Waals surface area contributed by atoms with Gasteiger partial charge in [-0.15, -0.1) is 11.6 Å². The van der Waals surface area contributed by atoms with Crippen LogP contribution in [-0.4, -0.2) is 23.6 Å². The summed E-state index contributed by atoms with van der Waals surface area (Å²) in [6.07, 6.45) is -0.499. The molecule has 0 amide bonds. The molecule has 1 aromatic carbocycles. The summed E-state index contributed by atoms with van der Waals surface area (Å²) in [4.78, 5) is 0. The highest BCUT2D eigenvalue weighted by molar-refractivity contribution is 9.10. The van der Waals surface area contributed by atoms with Gasteiger partial charge in [0.2, 0.25) is 0 Å². The van der Waals surface area contributed by atoms with Gasteiger partial charge in [-0.05, 0) is 18.2 Å². The Bertz CT molecular complexity index is 270. The van der Waals surface area contributed by atoms with Gasteiger partial charge < -0.3 is 10.4 Å². The van der Waals surface area contributed by atoms with E-state index in [1.165, 1.54) is 0 Å². The molecule has 0 saturated heterocycles. The molecule has 0 aliphatic rings. The molecule has 0 aliphatic heterocycles. The lowest BCUT2D eigenvalue weighted by atomic mass is 10.3. The van der Waals surface area contributed by atoms with E-state index in [9.17, 15) is 5.11 Å². The number of aliphatic hydroxyl groups excluding tert-OH is 1. The number of hydrogen-bond donors (Lipinski definition) is 2. The average molecular weight is 265 g/mol. The Morgan fingerprint density at radius 2 is 2.31 bits per heavy atom. The van der Waals surface area contributed by atoms with Gasteiger partial charge in [-0.1, -0.05) is 22.0 Å². The Morgan fingerprint density at radius 3 is 2.92 bits per heavy atom. The predicted molar refractivity (Wildman–Crippen MR) is 59.4 cm³/mol. The number of anilines is 1. The molecule has 0 aromatic heterocycles. The van der Waals surface area contributed by atoms with Gasteiger partial charge in [-0.3, -0.25) is 0 Å². The highest BCUT2D eigenvalue weighted by atomic mass is 79.9. The summed E-state index contributed by atoms with van der Waals surface area (Å²) in [5, 5.41) is 12.3. The highest BCUT2D eigenvalue weighted by Gasteiger charge is 2.00. The summed E-state index contributed by atoms with van der Waals surface area (Å²) < 4.78 is 1.01. The fourth-order valence-corrected chi connectivity index (χ4v) is 1.40. The van der Waals surface area contributed by atoms with Gasteiger partial charge in [0.25, 0.3) is 0 Å². The molecular formula is C9H11BrClNO. The fraction of sp³-hybridized carbons (Fsp3) is 0.333. The van der Waals surface area contributed by atoms with E-state index < -0.39 is 6.10 Å². The van der Waals surface area contributed by atoms with Crippen molar-refractivity contribution in [2.24, 2.45) is 0 Å². The second kappa shape index (κ2) is 5.47. The zero-order chi connectivity index (χ0) is 9.68. The van der Waals surface area contributed by atoms with Gasteiger partial charge in [-0.2, -0.15) is 0 Å². The van der Waals surface area contributed by atoms with Crippen LogP contribution in [0.25, 0.3) is 0 Å². The lowest BCUT2D eigenvalue weighted by Gasteiger charge is -2.09. The molecule has 13 heavy (non-hydrogen) atoms. The standard InChI is InChI=1S/C9H11BrClNO/c10-7-2-1-3-8(4-7)12-6-9(13)5-11/h1-4,9,12-13H,5-6H2. The number of aliphatic hydroxyl groups is 1. The lowest BCUT2D eigenvalue weighted by Crippen LogP contribution is -2.20. The Morgan fingerprint density at radius 1 is 1.54 bits per heavy atom. The van der Waals surface area contributed by atoms with Crippen LogP contribution < -0.4 is 5.32 Å². The number of alkyl halides is 1. The number of halogens is 2. The molecule has 0 aliphatic carbocycles. The van der Waals surface area contributed by atoms with Crippen molar-refractivity contribution in [1.29, 1.82) is 0 Å². The van der Waals surface area contributed by atoms with Crippen molar-refractivity contribution in [3.63, 3.8) is 0 Å². The van der Waals surface area contributed by atoms with Gasteiger partial charge >= 0.3 is 0 Å². The predicted octanol–water partition coefficient (Wildman–Crippen LogP) is 2.46. The van der Waals surface area contributed by atoms with E-state index >= 15 is 0 Å². The minimum Gasteiger partial charge on any atom is -0.390 e. The monoisotopic (exact) mass is 263 g/mol. The Hall–Kier alpha value is -0.250. The van der Waals surface area contributed by atoms with Gasteiger partial charge in [0.15, 0.2) is 0 Å². The molecule has 1 rings (SSSR count). The van der Waals surface area contributed by atoms with Crippen molar-refractivity contribution in [3.05, 3.63) is 28.7 Å². The molecule has 2 N–H and O–H groups in total. The quantitative estimate of drug-likeness (QED) is 0.819. The molecule has 4 heteroatoms. The van der Waals surface area contributed by atoms with Crippen LogP contribution >= 0.6 is 27.5 Å². The van der Waals surface area contributed by atoms with Crippen LogP contribution in [0.2, 0.25) is 0 Å². The number of hydrogen-bond acceptors (Lipinski definition) is 2. The molecule has 72 valence electrons. The molecular weight excluding hydrogens is 253 g/mol. The lowest BCUT2D eigenvalue weighted by molar-refractivity contribution is 0.211. The van der Waals surface area contributed by atoms with Crippen LogP contribution in [-0.2, 0) is 0 Å². The zero-order valence-electron chi connectivity index (χ0n) is 7.00. The largest absolute Gasteiger partial charge is 0.390 e. The Balaban J connectivity index is 2.45. The molecule has 0 saturated carbocycles. The number of rotatable bonds is 4. The zero-order valence-corrected chi connectivity index (χ0v) is 9.35. The van der Waals surface area contributed by atoms with Crippen molar-refractivity contribution in [2.75, 3.05) is 17.7 Å². The van der Waals surface area contributed by atoms with E-state index in [0.29, 0.717) is 6.54 Å². The normalized spacial score (nSPS) is 12.5. The maximum atomic E-state index is 9.18. The van der Waals surface area contributed by atoms with Gasteiger partial charge in [0, 0.05) is 16.7 Å². The third-order valence-electron chi connectivity index (χ3n) is 1.54. The number of benzene rings is 1. The molecule has 0 spiro atoms. The molecule has 0 radical (unpaired) electrons. The van der Waals surface area contributed by atoms with Gasteiger partial charge in [0.1, 0.15) is 0 Å². The topological polar surface area (TPSA) is 32.3 Å². The maximum Gasteiger partial charge on any atom is 0.0847 e. The van der Waals surface area contributed by atoms with Crippen molar-refractivity contribution in [3.8, 4) is 0 Å². The molecule has 1 aromatic rings. The SMILES string of the molecule is OC(CCl)CNc1cccc(Br)c1. The summed E-state index contributed by atoms with van der Waals surface area (Å²) >= 11 is 8.81. The Kier molecular flexibility index (Phi) is 4.56.